The third-order valence-corrected chi connectivity index (χ3v) is 3.35. The van der Waals surface area contributed by atoms with Crippen molar-refractivity contribution in [2.75, 3.05) is 13.2 Å². The Morgan fingerprint density at radius 3 is 3.00 bits per heavy atom. The first-order valence-corrected chi connectivity index (χ1v) is 5.92. The van der Waals surface area contributed by atoms with Crippen LogP contribution in [0.2, 0.25) is 0 Å². The zero-order chi connectivity index (χ0) is 11.4. The number of aryl methyl sites for hydroxylation is 1. The molecule has 1 aromatic heterocycles. The Balaban J connectivity index is 1.71. The van der Waals surface area contributed by atoms with E-state index in [-0.39, 0.29) is 0 Å². The highest BCUT2D eigenvalue weighted by Crippen LogP contribution is 2.31. The zero-order valence-electron chi connectivity index (χ0n) is 9.80. The summed E-state index contributed by atoms with van der Waals surface area (Å²) >= 11 is 0. The van der Waals surface area contributed by atoms with Crippen molar-refractivity contribution in [3.63, 3.8) is 0 Å². The summed E-state index contributed by atoms with van der Waals surface area (Å²) < 4.78 is 7.37. The molecule has 0 saturated heterocycles. The van der Waals surface area contributed by atoms with E-state index in [9.17, 15) is 0 Å². The lowest BCUT2D eigenvalue weighted by molar-refractivity contribution is 0.0734. The summed E-state index contributed by atoms with van der Waals surface area (Å²) in [6, 6.07) is 0. The molecule has 0 aromatic carbocycles. The largest absolute Gasteiger partial charge is 0.375 e. The van der Waals surface area contributed by atoms with Gasteiger partial charge >= 0.3 is 0 Å². The monoisotopic (exact) mass is 224 g/mol. The van der Waals surface area contributed by atoms with E-state index in [2.05, 4.69) is 10.3 Å². The summed E-state index contributed by atoms with van der Waals surface area (Å²) in [4.78, 5) is 0. The second-order valence-corrected chi connectivity index (χ2v) is 4.59. The lowest BCUT2D eigenvalue weighted by Crippen LogP contribution is -2.22. The van der Waals surface area contributed by atoms with Crippen molar-refractivity contribution in [1.82, 2.24) is 15.0 Å². The molecular weight excluding hydrogens is 204 g/mol. The quantitative estimate of drug-likeness (QED) is 0.799. The van der Waals surface area contributed by atoms with Gasteiger partial charge in [-0.1, -0.05) is 11.6 Å². The van der Waals surface area contributed by atoms with E-state index in [1.54, 1.807) is 4.68 Å². The topological polar surface area (TPSA) is 66.0 Å². The molecular formula is C11H20N4O. The lowest BCUT2D eigenvalue weighted by Gasteiger charge is -2.17. The smallest absolute Gasteiger partial charge is 0.108 e. The van der Waals surface area contributed by atoms with Gasteiger partial charge in [-0.25, -0.2) is 0 Å². The van der Waals surface area contributed by atoms with E-state index in [1.165, 1.54) is 19.3 Å². The molecule has 1 aromatic rings. The van der Waals surface area contributed by atoms with Crippen LogP contribution in [0.1, 0.15) is 25.0 Å². The Labute approximate surface area is 96.0 Å². The predicted molar refractivity (Wildman–Crippen MR) is 60.5 cm³/mol. The minimum atomic E-state index is 0.557. The molecule has 0 aliphatic heterocycles. The van der Waals surface area contributed by atoms with Gasteiger partial charge in [0, 0.05) is 7.05 Å². The van der Waals surface area contributed by atoms with Crippen LogP contribution in [0.15, 0.2) is 6.20 Å². The highest BCUT2D eigenvalue weighted by molar-refractivity contribution is 4.89. The van der Waals surface area contributed by atoms with Crippen LogP contribution in [-0.2, 0) is 18.4 Å². The van der Waals surface area contributed by atoms with Crippen molar-refractivity contribution in [3.8, 4) is 0 Å². The van der Waals surface area contributed by atoms with Crippen LogP contribution in [-0.4, -0.2) is 28.1 Å². The van der Waals surface area contributed by atoms with Crippen LogP contribution in [0.4, 0.5) is 0 Å². The summed E-state index contributed by atoms with van der Waals surface area (Å²) in [6.45, 7) is 2.15. The zero-order valence-corrected chi connectivity index (χ0v) is 9.80. The highest BCUT2D eigenvalue weighted by atomic mass is 16.5. The number of aromatic nitrogens is 3. The van der Waals surface area contributed by atoms with E-state index in [0.29, 0.717) is 18.4 Å². The molecule has 2 unspecified atom stereocenters. The van der Waals surface area contributed by atoms with Gasteiger partial charge in [0.25, 0.3) is 0 Å². The van der Waals surface area contributed by atoms with Gasteiger partial charge in [0.05, 0.1) is 19.4 Å². The molecule has 0 radical (unpaired) electrons. The van der Waals surface area contributed by atoms with Crippen molar-refractivity contribution in [2.24, 2.45) is 24.6 Å². The molecule has 2 N–H and O–H groups in total. The number of rotatable bonds is 5. The number of nitrogens with zero attached hydrogens (tertiary/aromatic N) is 3. The highest BCUT2D eigenvalue weighted by Gasteiger charge is 2.25. The fraction of sp³-hybridized carbons (Fsp3) is 0.818. The summed E-state index contributed by atoms with van der Waals surface area (Å²) in [6.07, 6.45) is 5.69. The molecule has 1 aliphatic rings. The Kier molecular flexibility index (Phi) is 3.90. The van der Waals surface area contributed by atoms with Crippen molar-refractivity contribution in [3.05, 3.63) is 11.9 Å². The minimum absolute atomic E-state index is 0.557. The lowest BCUT2D eigenvalue weighted by atomic mass is 9.97. The van der Waals surface area contributed by atoms with Gasteiger partial charge in [-0.2, -0.15) is 0 Å². The summed E-state index contributed by atoms with van der Waals surface area (Å²) in [5.74, 6) is 1.29. The van der Waals surface area contributed by atoms with Gasteiger partial charge in [0.15, 0.2) is 0 Å². The molecule has 1 fully saturated rings. The van der Waals surface area contributed by atoms with Gasteiger partial charge in [0.2, 0.25) is 0 Å². The van der Waals surface area contributed by atoms with Crippen LogP contribution in [0, 0.1) is 11.8 Å². The van der Waals surface area contributed by atoms with Crippen LogP contribution < -0.4 is 5.73 Å². The molecule has 1 saturated carbocycles. The van der Waals surface area contributed by atoms with Crippen molar-refractivity contribution < 1.29 is 4.74 Å². The van der Waals surface area contributed by atoms with Crippen molar-refractivity contribution >= 4 is 0 Å². The molecule has 5 heteroatoms. The van der Waals surface area contributed by atoms with Gasteiger partial charge in [-0.15, -0.1) is 5.10 Å². The molecule has 0 amide bonds. The number of ether oxygens (including phenoxy) is 1. The molecule has 2 atom stereocenters. The van der Waals surface area contributed by atoms with Gasteiger partial charge in [-0.3, -0.25) is 4.68 Å². The second-order valence-electron chi connectivity index (χ2n) is 4.59. The number of hydrogen-bond donors (Lipinski definition) is 1. The van der Waals surface area contributed by atoms with Crippen LogP contribution in [0.5, 0.6) is 0 Å². The van der Waals surface area contributed by atoms with Crippen molar-refractivity contribution in [1.29, 1.82) is 0 Å². The maximum Gasteiger partial charge on any atom is 0.108 e. The summed E-state index contributed by atoms with van der Waals surface area (Å²) in [7, 11) is 1.86. The molecule has 1 aliphatic carbocycles. The molecule has 0 spiro atoms. The van der Waals surface area contributed by atoms with Crippen LogP contribution in [0.25, 0.3) is 0 Å². The first kappa shape index (κ1) is 11.5. The maximum absolute atomic E-state index is 5.73. The average Bonchev–Trinajstić information content (AvgIpc) is 2.87. The molecule has 5 nitrogen and oxygen atoms in total. The third kappa shape index (κ3) is 2.80. The van der Waals surface area contributed by atoms with Crippen molar-refractivity contribution in [2.45, 2.75) is 25.9 Å². The third-order valence-electron chi connectivity index (χ3n) is 3.35. The second kappa shape index (κ2) is 5.41. The standard InChI is InChI=1S/C11H20N4O/c1-15-6-11(13-14-15)8-16-7-10-4-2-3-9(10)5-12/h6,9-10H,2-5,7-8,12H2,1H3. The minimum Gasteiger partial charge on any atom is -0.375 e. The summed E-state index contributed by atoms with van der Waals surface area (Å²) in [5, 5.41) is 7.85. The summed E-state index contributed by atoms with van der Waals surface area (Å²) in [5.41, 5.74) is 6.62. The maximum atomic E-state index is 5.73. The van der Waals surface area contributed by atoms with E-state index in [1.807, 2.05) is 13.2 Å². The first-order valence-electron chi connectivity index (χ1n) is 5.92. The van der Waals surface area contributed by atoms with E-state index < -0.39 is 0 Å². The molecule has 1 heterocycles. The molecule has 0 bridgehead atoms. The fourth-order valence-corrected chi connectivity index (χ4v) is 2.42. The Morgan fingerprint density at radius 2 is 2.31 bits per heavy atom. The SMILES string of the molecule is Cn1cc(COCC2CCCC2CN)nn1. The Hall–Kier alpha value is -0.940. The molecule has 90 valence electrons. The van der Waals surface area contributed by atoms with Gasteiger partial charge < -0.3 is 10.5 Å². The van der Waals surface area contributed by atoms with E-state index >= 15 is 0 Å². The van der Waals surface area contributed by atoms with Gasteiger partial charge in [0.1, 0.15) is 5.69 Å². The van der Waals surface area contributed by atoms with Gasteiger partial charge in [-0.05, 0) is 31.2 Å². The molecule has 16 heavy (non-hydrogen) atoms. The number of hydrogen-bond acceptors (Lipinski definition) is 4. The Bertz CT molecular complexity index is 326. The Morgan fingerprint density at radius 1 is 1.50 bits per heavy atom. The fourth-order valence-electron chi connectivity index (χ4n) is 2.42. The van der Waals surface area contributed by atoms with E-state index in [4.69, 9.17) is 10.5 Å². The number of nitrogens with two attached hydrogens (primary N) is 1. The van der Waals surface area contributed by atoms with Crippen LogP contribution >= 0.6 is 0 Å². The van der Waals surface area contributed by atoms with E-state index in [0.717, 1.165) is 18.8 Å². The normalized spacial score (nSPS) is 25.1. The molecule has 2 rings (SSSR count). The first-order chi connectivity index (χ1) is 7.79. The van der Waals surface area contributed by atoms with Crippen LogP contribution in [0.3, 0.4) is 0 Å². The predicted octanol–water partition coefficient (Wildman–Crippen LogP) is 0.707. The average molecular weight is 224 g/mol.